The van der Waals surface area contributed by atoms with Crippen molar-refractivity contribution in [1.29, 1.82) is 0 Å². The summed E-state index contributed by atoms with van der Waals surface area (Å²) in [6.45, 7) is 1.62. The molecule has 18 heavy (non-hydrogen) atoms. The van der Waals surface area contributed by atoms with Gasteiger partial charge in [0, 0.05) is 12.3 Å². The van der Waals surface area contributed by atoms with Crippen molar-refractivity contribution >= 4 is 0 Å². The van der Waals surface area contributed by atoms with Crippen LogP contribution in [0.15, 0.2) is 35.9 Å². The fourth-order valence-electron chi connectivity index (χ4n) is 2.72. The van der Waals surface area contributed by atoms with Crippen LogP contribution in [0.2, 0.25) is 0 Å². The normalized spacial score (nSPS) is 26.4. The number of rotatable bonds is 3. The molecule has 96 valence electrons. The smallest absolute Gasteiger partial charge is 0.120 e. The molecule has 0 amide bonds. The van der Waals surface area contributed by atoms with Crippen molar-refractivity contribution in [2.24, 2.45) is 5.92 Å². The molecule has 1 aromatic carbocycles. The highest BCUT2D eigenvalue weighted by molar-refractivity contribution is 5.31. The van der Waals surface area contributed by atoms with Crippen LogP contribution in [0.3, 0.4) is 0 Å². The van der Waals surface area contributed by atoms with Gasteiger partial charge in [0.15, 0.2) is 0 Å². The van der Waals surface area contributed by atoms with E-state index < -0.39 is 0 Å². The van der Waals surface area contributed by atoms with Gasteiger partial charge >= 0.3 is 0 Å². The van der Waals surface area contributed by atoms with E-state index in [1.807, 2.05) is 24.3 Å². The second-order valence-corrected chi connectivity index (χ2v) is 4.87. The maximum absolute atomic E-state index is 6.01. The second-order valence-electron chi connectivity index (χ2n) is 4.87. The van der Waals surface area contributed by atoms with E-state index in [0.717, 1.165) is 37.6 Å². The molecule has 0 radical (unpaired) electrons. The van der Waals surface area contributed by atoms with E-state index in [1.54, 1.807) is 7.11 Å². The highest BCUT2D eigenvalue weighted by Gasteiger charge is 2.32. The Bertz CT molecular complexity index is 436. The van der Waals surface area contributed by atoms with Crippen molar-refractivity contribution in [3.8, 4) is 11.5 Å². The van der Waals surface area contributed by atoms with Crippen LogP contribution >= 0.6 is 0 Å². The summed E-state index contributed by atoms with van der Waals surface area (Å²) in [4.78, 5) is 0. The Balaban J connectivity index is 1.63. The highest BCUT2D eigenvalue weighted by atomic mass is 16.5. The second kappa shape index (κ2) is 5.02. The van der Waals surface area contributed by atoms with E-state index in [-0.39, 0.29) is 6.10 Å². The predicted octanol–water partition coefficient (Wildman–Crippen LogP) is 2.81. The minimum Gasteiger partial charge on any atom is -0.497 e. The van der Waals surface area contributed by atoms with E-state index in [1.165, 1.54) is 5.57 Å². The summed E-state index contributed by atoms with van der Waals surface area (Å²) in [5.74, 6) is 2.35. The van der Waals surface area contributed by atoms with Crippen LogP contribution in [0.5, 0.6) is 11.5 Å². The lowest BCUT2D eigenvalue weighted by molar-refractivity contribution is 0.114. The summed E-state index contributed by atoms with van der Waals surface area (Å²) >= 11 is 0. The Morgan fingerprint density at radius 1 is 1.17 bits per heavy atom. The summed E-state index contributed by atoms with van der Waals surface area (Å²) in [6.07, 6.45) is 4.61. The number of methoxy groups -OCH3 is 1. The maximum Gasteiger partial charge on any atom is 0.120 e. The minimum absolute atomic E-state index is 0.288. The maximum atomic E-state index is 6.01. The summed E-state index contributed by atoms with van der Waals surface area (Å²) in [5.41, 5.74) is 1.51. The molecular weight excluding hydrogens is 228 g/mol. The van der Waals surface area contributed by atoms with Gasteiger partial charge in [-0.25, -0.2) is 0 Å². The van der Waals surface area contributed by atoms with Crippen LogP contribution in [-0.4, -0.2) is 26.4 Å². The molecule has 1 saturated carbocycles. The largest absolute Gasteiger partial charge is 0.497 e. The highest BCUT2D eigenvalue weighted by Crippen LogP contribution is 2.36. The molecule has 3 rings (SSSR count). The Hall–Kier alpha value is -1.48. The van der Waals surface area contributed by atoms with Crippen molar-refractivity contribution in [2.45, 2.75) is 18.9 Å². The van der Waals surface area contributed by atoms with Gasteiger partial charge in [-0.1, -0.05) is 11.6 Å². The van der Waals surface area contributed by atoms with Crippen molar-refractivity contribution < 1.29 is 14.2 Å². The van der Waals surface area contributed by atoms with Crippen LogP contribution in [0, 0.1) is 5.92 Å². The molecule has 1 aromatic rings. The molecule has 0 bridgehead atoms. The molecule has 3 heteroatoms. The first-order valence-electron chi connectivity index (χ1n) is 6.42. The number of benzene rings is 1. The average molecular weight is 246 g/mol. The van der Waals surface area contributed by atoms with Gasteiger partial charge in [0.2, 0.25) is 0 Å². The first-order chi connectivity index (χ1) is 8.85. The van der Waals surface area contributed by atoms with Gasteiger partial charge in [0.05, 0.1) is 20.3 Å². The standard InChI is InChI=1S/C15H18O3/c1-16-13-2-4-14(5-3-13)18-15-8-11-6-7-17-10-12(11)9-15/h2-6,12,15H,7-10H2,1H3/t12-,15+/m0/s1. The Kier molecular flexibility index (Phi) is 3.24. The lowest BCUT2D eigenvalue weighted by Crippen LogP contribution is -2.15. The van der Waals surface area contributed by atoms with Gasteiger partial charge < -0.3 is 14.2 Å². The Morgan fingerprint density at radius 2 is 1.94 bits per heavy atom. The number of ether oxygens (including phenoxy) is 3. The fourth-order valence-corrected chi connectivity index (χ4v) is 2.72. The monoisotopic (exact) mass is 246 g/mol. The fraction of sp³-hybridized carbons (Fsp3) is 0.467. The molecule has 1 heterocycles. The van der Waals surface area contributed by atoms with Crippen molar-refractivity contribution in [2.75, 3.05) is 20.3 Å². The summed E-state index contributed by atoms with van der Waals surface area (Å²) in [6, 6.07) is 7.79. The van der Waals surface area contributed by atoms with Gasteiger partial charge in [-0.2, -0.15) is 0 Å². The topological polar surface area (TPSA) is 27.7 Å². The zero-order chi connectivity index (χ0) is 12.4. The molecule has 2 atom stereocenters. The third-order valence-corrected chi connectivity index (χ3v) is 3.68. The van der Waals surface area contributed by atoms with Crippen LogP contribution < -0.4 is 9.47 Å². The van der Waals surface area contributed by atoms with E-state index >= 15 is 0 Å². The molecule has 2 aliphatic rings. The summed E-state index contributed by atoms with van der Waals surface area (Å²) < 4.78 is 16.6. The zero-order valence-electron chi connectivity index (χ0n) is 10.6. The van der Waals surface area contributed by atoms with Crippen molar-refractivity contribution in [1.82, 2.24) is 0 Å². The third kappa shape index (κ3) is 2.36. The molecule has 0 unspecified atom stereocenters. The first kappa shape index (κ1) is 11.6. The molecule has 0 N–H and O–H groups in total. The van der Waals surface area contributed by atoms with E-state index in [0.29, 0.717) is 5.92 Å². The Labute approximate surface area is 107 Å². The van der Waals surface area contributed by atoms with Gasteiger partial charge in [-0.05, 0) is 30.7 Å². The molecular formula is C15H18O3. The molecule has 0 spiro atoms. The number of hydrogen-bond acceptors (Lipinski definition) is 3. The SMILES string of the molecule is COc1ccc(O[C@@H]2CC3=CCOC[C@@H]3C2)cc1. The van der Waals surface area contributed by atoms with Gasteiger partial charge in [-0.3, -0.25) is 0 Å². The quantitative estimate of drug-likeness (QED) is 0.768. The van der Waals surface area contributed by atoms with Crippen LogP contribution in [0.1, 0.15) is 12.8 Å². The Morgan fingerprint density at radius 3 is 2.67 bits per heavy atom. The van der Waals surface area contributed by atoms with Crippen LogP contribution in [0.25, 0.3) is 0 Å². The predicted molar refractivity (Wildman–Crippen MR) is 69.0 cm³/mol. The van der Waals surface area contributed by atoms with E-state index in [4.69, 9.17) is 14.2 Å². The molecule has 3 nitrogen and oxygen atoms in total. The van der Waals surface area contributed by atoms with Gasteiger partial charge in [0.25, 0.3) is 0 Å². The molecule has 1 aliphatic carbocycles. The van der Waals surface area contributed by atoms with Crippen molar-refractivity contribution in [3.63, 3.8) is 0 Å². The summed E-state index contributed by atoms with van der Waals surface area (Å²) in [7, 11) is 1.67. The van der Waals surface area contributed by atoms with E-state index in [9.17, 15) is 0 Å². The number of fused-ring (bicyclic) bond motifs is 1. The lowest BCUT2D eigenvalue weighted by Gasteiger charge is -2.16. The lowest BCUT2D eigenvalue weighted by atomic mass is 10.0. The van der Waals surface area contributed by atoms with Gasteiger partial charge in [0.1, 0.15) is 17.6 Å². The first-order valence-corrected chi connectivity index (χ1v) is 6.42. The third-order valence-electron chi connectivity index (χ3n) is 3.68. The zero-order valence-corrected chi connectivity index (χ0v) is 10.6. The minimum atomic E-state index is 0.288. The molecule has 0 aromatic heterocycles. The molecule has 0 saturated heterocycles. The van der Waals surface area contributed by atoms with Crippen LogP contribution in [0.4, 0.5) is 0 Å². The summed E-state index contributed by atoms with van der Waals surface area (Å²) in [5, 5.41) is 0. The van der Waals surface area contributed by atoms with E-state index in [2.05, 4.69) is 6.08 Å². The van der Waals surface area contributed by atoms with Gasteiger partial charge in [-0.15, -0.1) is 0 Å². The van der Waals surface area contributed by atoms with Crippen LogP contribution in [-0.2, 0) is 4.74 Å². The average Bonchev–Trinajstić information content (AvgIpc) is 2.82. The molecule has 1 aliphatic heterocycles. The van der Waals surface area contributed by atoms with Crippen molar-refractivity contribution in [3.05, 3.63) is 35.9 Å². The number of hydrogen-bond donors (Lipinski definition) is 0. The molecule has 1 fully saturated rings.